The van der Waals surface area contributed by atoms with Crippen LogP contribution in [-0.4, -0.2) is 29.9 Å². The maximum absolute atomic E-state index is 13.2. The van der Waals surface area contributed by atoms with Crippen LogP contribution in [0.15, 0.2) is 49.1 Å². The van der Waals surface area contributed by atoms with E-state index in [0.29, 0.717) is 23.2 Å². The Bertz CT molecular complexity index is 1300. The minimum Gasteiger partial charge on any atom is -0.336 e. The second-order valence-corrected chi connectivity index (χ2v) is 9.11. The zero-order chi connectivity index (χ0) is 23.9. The van der Waals surface area contributed by atoms with Crippen LogP contribution in [0.25, 0.3) is 22.6 Å². The lowest BCUT2D eigenvalue weighted by atomic mass is 9.81. The first-order valence-electron chi connectivity index (χ1n) is 11.4. The van der Waals surface area contributed by atoms with E-state index in [-0.39, 0.29) is 11.3 Å². The van der Waals surface area contributed by atoms with E-state index in [1.165, 1.54) is 29.0 Å². The van der Waals surface area contributed by atoms with E-state index in [1.54, 1.807) is 12.4 Å². The molecule has 1 aliphatic carbocycles. The molecule has 34 heavy (non-hydrogen) atoms. The summed E-state index contributed by atoms with van der Waals surface area (Å²) in [7, 11) is 0. The molecule has 1 aromatic carbocycles. The Morgan fingerprint density at radius 3 is 2.74 bits per heavy atom. The van der Waals surface area contributed by atoms with Crippen LogP contribution in [0, 0.1) is 0 Å². The highest BCUT2D eigenvalue weighted by Crippen LogP contribution is 2.36. The molecule has 0 aliphatic heterocycles. The van der Waals surface area contributed by atoms with Gasteiger partial charge in [-0.05, 0) is 54.0 Å². The minimum absolute atomic E-state index is 0.254. The SMILES string of the molecule is CC(C)c1ccc2c(c1)CCC[C@H]2Cn1cnc(-c2cc(-c3n[nH]nc3C(F)(F)F)ccn2)c1. The number of imidazole rings is 1. The van der Waals surface area contributed by atoms with E-state index >= 15 is 0 Å². The molecule has 9 heteroatoms. The number of hydrogen-bond donors (Lipinski definition) is 1. The lowest BCUT2D eigenvalue weighted by Crippen LogP contribution is -2.15. The number of nitrogens with zero attached hydrogens (tertiary/aromatic N) is 5. The number of aromatic nitrogens is 6. The Balaban J connectivity index is 1.38. The molecular formula is C25H25F3N6. The number of aromatic amines is 1. The van der Waals surface area contributed by atoms with E-state index in [9.17, 15) is 13.2 Å². The highest BCUT2D eigenvalue weighted by Gasteiger charge is 2.38. The van der Waals surface area contributed by atoms with Crippen molar-refractivity contribution in [3.63, 3.8) is 0 Å². The zero-order valence-electron chi connectivity index (χ0n) is 19.0. The van der Waals surface area contributed by atoms with Crippen molar-refractivity contribution < 1.29 is 13.2 Å². The highest BCUT2D eigenvalue weighted by molar-refractivity contribution is 5.67. The van der Waals surface area contributed by atoms with E-state index in [4.69, 9.17) is 0 Å². The summed E-state index contributed by atoms with van der Waals surface area (Å²) in [4.78, 5) is 8.79. The molecule has 0 bridgehead atoms. The van der Waals surface area contributed by atoms with E-state index in [2.05, 4.69) is 57.4 Å². The van der Waals surface area contributed by atoms with Gasteiger partial charge >= 0.3 is 6.18 Å². The summed E-state index contributed by atoms with van der Waals surface area (Å²) >= 11 is 0. The number of nitrogens with one attached hydrogen (secondary N) is 1. The van der Waals surface area contributed by atoms with Crippen LogP contribution < -0.4 is 0 Å². The van der Waals surface area contributed by atoms with Crippen molar-refractivity contribution >= 4 is 0 Å². The standard InChI is InChI=1S/C25H25F3N6/c1-15(2)16-6-7-20-17(10-16)4-3-5-19(20)12-34-13-22(30-14-34)21-11-18(8-9-29-21)23-24(25(26,27)28)32-33-31-23/h6-11,13-15,19H,3-5,12H2,1-2H3,(H,31,32,33)/t19-/m0/s1. The molecule has 0 radical (unpaired) electrons. The smallest absolute Gasteiger partial charge is 0.336 e. The molecule has 1 atom stereocenters. The third kappa shape index (κ3) is 4.34. The predicted octanol–water partition coefficient (Wildman–Crippen LogP) is 5.99. The van der Waals surface area contributed by atoms with E-state index < -0.39 is 11.9 Å². The molecule has 0 spiro atoms. The van der Waals surface area contributed by atoms with Crippen LogP contribution >= 0.6 is 0 Å². The van der Waals surface area contributed by atoms with E-state index in [0.717, 1.165) is 25.8 Å². The number of halogens is 3. The van der Waals surface area contributed by atoms with Gasteiger partial charge in [-0.2, -0.15) is 28.6 Å². The van der Waals surface area contributed by atoms with Crippen molar-refractivity contribution in [3.05, 3.63) is 71.4 Å². The number of aryl methyl sites for hydroxylation is 1. The average Bonchev–Trinajstić information content (AvgIpc) is 3.49. The average molecular weight is 467 g/mol. The molecule has 1 N–H and O–H groups in total. The quantitative estimate of drug-likeness (QED) is 0.392. The number of alkyl halides is 3. The predicted molar refractivity (Wildman–Crippen MR) is 122 cm³/mol. The molecule has 176 valence electrons. The molecule has 0 saturated heterocycles. The largest absolute Gasteiger partial charge is 0.437 e. The molecular weight excluding hydrogens is 441 g/mol. The summed E-state index contributed by atoms with van der Waals surface area (Å²) in [5.74, 6) is 0.908. The Labute approximate surface area is 195 Å². The fourth-order valence-corrected chi connectivity index (χ4v) is 4.68. The van der Waals surface area contributed by atoms with Crippen molar-refractivity contribution in [3.8, 4) is 22.6 Å². The van der Waals surface area contributed by atoms with Crippen molar-refractivity contribution in [1.29, 1.82) is 0 Å². The Hall–Kier alpha value is -3.49. The van der Waals surface area contributed by atoms with Gasteiger partial charge in [0.05, 0.1) is 12.0 Å². The first kappa shape index (κ1) is 22.3. The van der Waals surface area contributed by atoms with Gasteiger partial charge in [-0.15, -0.1) is 0 Å². The topological polar surface area (TPSA) is 72.3 Å². The number of rotatable bonds is 5. The number of hydrogen-bond acceptors (Lipinski definition) is 4. The fourth-order valence-electron chi connectivity index (χ4n) is 4.68. The van der Waals surface area contributed by atoms with Crippen LogP contribution in [0.1, 0.15) is 60.9 Å². The summed E-state index contributed by atoms with van der Waals surface area (Å²) in [6.07, 6.45) is 3.90. The van der Waals surface area contributed by atoms with Gasteiger partial charge in [0.2, 0.25) is 0 Å². The van der Waals surface area contributed by atoms with Crippen molar-refractivity contribution in [2.24, 2.45) is 0 Å². The van der Waals surface area contributed by atoms with Crippen LogP contribution in [0.4, 0.5) is 13.2 Å². The van der Waals surface area contributed by atoms with Crippen molar-refractivity contribution in [2.45, 2.75) is 57.7 Å². The molecule has 6 nitrogen and oxygen atoms in total. The maximum atomic E-state index is 13.2. The molecule has 0 amide bonds. The third-order valence-electron chi connectivity index (χ3n) is 6.45. The fraction of sp³-hybridized carbons (Fsp3) is 0.360. The number of H-pyrrole nitrogens is 1. The molecule has 4 aromatic rings. The van der Waals surface area contributed by atoms with Gasteiger partial charge in [0.25, 0.3) is 0 Å². The summed E-state index contributed by atoms with van der Waals surface area (Å²) in [6, 6.07) is 9.89. The summed E-state index contributed by atoms with van der Waals surface area (Å²) in [5.41, 5.74) is 4.27. The van der Waals surface area contributed by atoms with Gasteiger partial charge in [0.1, 0.15) is 11.4 Å². The lowest BCUT2D eigenvalue weighted by Gasteiger charge is -2.27. The highest BCUT2D eigenvalue weighted by atomic mass is 19.4. The maximum Gasteiger partial charge on any atom is 0.437 e. The molecule has 3 heterocycles. The number of fused-ring (bicyclic) bond motifs is 1. The first-order chi connectivity index (χ1) is 16.3. The van der Waals surface area contributed by atoms with E-state index in [1.807, 2.05) is 10.8 Å². The molecule has 1 aliphatic rings. The van der Waals surface area contributed by atoms with Crippen LogP contribution in [0.5, 0.6) is 0 Å². The third-order valence-corrected chi connectivity index (χ3v) is 6.45. The Morgan fingerprint density at radius 1 is 1.09 bits per heavy atom. The van der Waals surface area contributed by atoms with Crippen molar-refractivity contribution in [2.75, 3.05) is 0 Å². The first-order valence-corrected chi connectivity index (χ1v) is 11.4. The van der Waals surface area contributed by atoms with Gasteiger partial charge in [-0.25, -0.2) is 4.98 Å². The molecule has 0 fully saturated rings. The Morgan fingerprint density at radius 2 is 1.94 bits per heavy atom. The lowest BCUT2D eigenvalue weighted by molar-refractivity contribution is -0.140. The van der Waals surface area contributed by atoms with Crippen LogP contribution in [-0.2, 0) is 19.1 Å². The van der Waals surface area contributed by atoms with Crippen LogP contribution in [0.3, 0.4) is 0 Å². The van der Waals surface area contributed by atoms with Gasteiger partial charge in [0, 0.05) is 30.4 Å². The molecule has 5 rings (SSSR count). The van der Waals surface area contributed by atoms with Gasteiger partial charge in [-0.3, -0.25) is 4.98 Å². The molecule has 0 saturated carbocycles. The van der Waals surface area contributed by atoms with Gasteiger partial charge in [0.15, 0.2) is 5.69 Å². The number of benzene rings is 1. The second-order valence-electron chi connectivity index (χ2n) is 9.11. The zero-order valence-corrected chi connectivity index (χ0v) is 19.0. The normalized spacial score (nSPS) is 16.1. The summed E-state index contributed by atoms with van der Waals surface area (Å²) in [5, 5.41) is 9.04. The summed E-state index contributed by atoms with van der Waals surface area (Å²) < 4.78 is 41.7. The van der Waals surface area contributed by atoms with Gasteiger partial charge < -0.3 is 4.57 Å². The second kappa shape index (κ2) is 8.70. The number of pyridine rings is 1. The van der Waals surface area contributed by atoms with Crippen molar-refractivity contribution in [1.82, 2.24) is 29.9 Å². The summed E-state index contributed by atoms with van der Waals surface area (Å²) in [6.45, 7) is 5.22. The minimum atomic E-state index is -4.60. The monoisotopic (exact) mass is 466 g/mol. The van der Waals surface area contributed by atoms with Crippen LogP contribution in [0.2, 0.25) is 0 Å². The molecule has 3 aromatic heterocycles. The van der Waals surface area contributed by atoms with Gasteiger partial charge in [-0.1, -0.05) is 32.0 Å². The Kier molecular flexibility index (Phi) is 5.71. The molecule has 0 unspecified atom stereocenters.